The van der Waals surface area contributed by atoms with Gasteiger partial charge in [0.2, 0.25) is 10.0 Å². The van der Waals surface area contributed by atoms with Crippen molar-refractivity contribution in [1.82, 2.24) is 14.9 Å². The van der Waals surface area contributed by atoms with Crippen LogP contribution in [0.25, 0.3) is 27.0 Å². The van der Waals surface area contributed by atoms with Crippen molar-refractivity contribution in [3.63, 3.8) is 0 Å². The third-order valence-electron chi connectivity index (χ3n) is 9.40. The van der Waals surface area contributed by atoms with Crippen molar-refractivity contribution >= 4 is 59.8 Å². The van der Waals surface area contributed by atoms with E-state index in [2.05, 4.69) is 25.8 Å². The summed E-state index contributed by atoms with van der Waals surface area (Å²) in [5, 5.41) is 5.37. The number of sulfonamides is 1. The molecular formula is C32H30ClFN4O4S2. The third kappa shape index (κ3) is 4.84. The fourth-order valence-electron chi connectivity index (χ4n) is 6.58. The van der Waals surface area contributed by atoms with Crippen LogP contribution in [0.3, 0.4) is 0 Å². The first-order valence-electron chi connectivity index (χ1n) is 15.0. The minimum absolute atomic E-state index is 0.0233. The second-order valence-electron chi connectivity index (χ2n) is 12.6. The zero-order valence-corrected chi connectivity index (χ0v) is 26.4. The minimum atomic E-state index is -3.73. The summed E-state index contributed by atoms with van der Waals surface area (Å²) in [5.41, 5.74) is 5.48. The summed E-state index contributed by atoms with van der Waals surface area (Å²) in [7, 11) is -3.73. The fraction of sp³-hybridized carbons (Fsp3) is 0.406. The number of fused-ring (bicyclic) bond motifs is 1. The maximum absolute atomic E-state index is 15.0. The number of amides is 1. The first kappa shape index (κ1) is 28.2. The van der Waals surface area contributed by atoms with E-state index in [4.69, 9.17) is 16.1 Å². The number of carbonyl (C=O) groups is 1. The lowest BCUT2D eigenvalue weighted by Crippen LogP contribution is -2.42. The topological polar surface area (TPSA) is 105 Å². The summed E-state index contributed by atoms with van der Waals surface area (Å²) in [5.74, 6) is -0.0519. The first-order chi connectivity index (χ1) is 21.1. The molecule has 228 valence electrons. The summed E-state index contributed by atoms with van der Waals surface area (Å²) in [6, 6.07) is 8.49. The molecule has 0 bridgehead atoms. The molecule has 1 N–H and O–H groups in total. The highest BCUT2D eigenvalue weighted by Crippen LogP contribution is 2.56. The third-order valence-corrected chi connectivity index (χ3v) is 12.6. The molecule has 1 amide bonds. The normalized spacial score (nSPS) is 19.7. The average molecular weight is 653 g/mol. The van der Waals surface area contributed by atoms with Gasteiger partial charge in [0.05, 0.1) is 15.0 Å². The SMILES string of the molecule is Cc1cccc(Cl)c1-c1noc(C2CC2)c1C1=CC2(CCN(c3nc4c(F)cc(C(=O)NS(=O)(=O)C5CC5)cc4s3)CC2)C1. The molecule has 1 spiro atoms. The Morgan fingerprint density at radius 1 is 1.16 bits per heavy atom. The maximum Gasteiger partial charge on any atom is 0.264 e. The number of carbonyl (C=O) groups excluding carboxylic acids is 1. The van der Waals surface area contributed by atoms with Crippen LogP contribution < -0.4 is 9.62 Å². The minimum Gasteiger partial charge on any atom is -0.360 e. The summed E-state index contributed by atoms with van der Waals surface area (Å²) in [6.45, 7) is 3.59. The van der Waals surface area contributed by atoms with Gasteiger partial charge < -0.3 is 9.42 Å². The van der Waals surface area contributed by atoms with E-state index in [-0.39, 0.29) is 16.5 Å². The van der Waals surface area contributed by atoms with Gasteiger partial charge in [0, 0.05) is 35.7 Å². The number of nitrogens with one attached hydrogen (secondary N) is 1. The molecule has 1 aliphatic heterocycles. The molecule has 2 aromatic carbocycles. The molecule has 44 heavy (non-hydrogen) atoms. The number of hydrogen-bond acceptors (Lipinski definition) is 8. The van der Waals surface area contributed by atoms with E-state index in [1.54, 1.807) is 0 Å². The van der Waals surface area contributed by atoms with E-state index >= 15 is 4.39 Å². The van der Waals surface area contributed by atoms with E-state index in [9.17, 15) is 13.2 Å². The molecule has 2 aromatic heterocycles. The molecule has 0 unspecified atom stereocenters. The van der Waals surface area contributed by atoms with Crippen LogP contribution in [0.5, 0.6) is 0 Å². The van der Waals surface area contributed by atoms with Crippen molar-refractivity contribution in [3.8, 4) is 11.3 Å². The second-order valence-corrected chi connectivity index (χ2v) is 16.0. The molecule has 4 aromatic rings. The highest BCUT2D eigenvalue weighted by Gasteiger charge is 2.44. The van der Waals surface area contributed by atoms with E-state index in [0.29, 0.717) is 33.6 Å². The Labute approximate surface area is 263 Å². The Balaban J connectivity index is 1.01. The van der Waals surface area contributed by atoms with Crippen LogP contribution in [-0.4, -0.2) is 42.8 Å². The van der Waals surface area contributed by atoms with E-state index in [0.717, 1.165) is 79.4 Å². The van der Waals surface area contributed by atoms with Gasteiger partial charge in [-0.05, 0) is 86.6 Å². The van der Waals surface area contributed by atoms with Crippen molar-refractivity contribution in [3.05, 3.63) is 69.7 Å². The number of hydrogen-bond donors (Lipinski definition) is 1. The number of thiazole rings is 1. The lowest BCUT2D eigenvalue weighted by atomic mass is 9.63. The van der Waals surface area contributed by atoms with Crippen LogP contribution in [0.2, 0.25) is 5.02 Å². The lowest BCUT2D eigenvalue weighted by molar-refractivity contribution is 0.0981. The zero-order chi connectivity index (χ0) is 30.4. The Kier molecular flexibility index (Phi) is 6.49. The number of nitrogens with zero attached hydrogens (tertiary/aromatic N) is 3. The Morgan fingerprint density at radius 2 is 1.91 bits per heavy atom. The van der Waals surface area contributed by atoms with Crippen molar-refractivity contribution in [2.45, 2.75) is 63.0 Å². The largest absolute Gasteiger partial charge is 0.360 e. The highest BCUT2D eigenvalue weighted by atomic mass is 35.5. The van der Waals surface area contributed by atoms with Gasteiger partial charge in [0.15, 0.2) is 10.9 Å². The number of benzene rings is 2. The number of halogens is 2. The highest BCUT2D eigenvalue weighted by molar-refractivity contribution is 7.91. The molecule has 0 atom stereocenters. The van der Waals surface area contributed by atoms with Crippen LogP contribution in [0.15, 0.2) is 40.9 Å². The van der Waals surface area contributed by atoms with Gasteiger partial charge in [-0.3, -0.25) is 4.79 Å². The predicted octanol–water partition coefficient (Wildman–Crippen LogP) is 7.23. The van der Waals surface area contributed by atoms with Crippen LogP contribution >= 0.6 is 22.9 Å². The average Bonchev–Trinajstić information content (AvgIpc) is 3.91. The summed E-state index contributed by atoms with van der Waals surface area (Å²) in [6.07, 6.45) is 8.52. The summed E-state index contributed by atoms with van der Waals surface area (Å²) >= 11 is 7.97. The van der Waals surface area contributed by atoms with Gasteiger partial charge in [-0.1, -0.05) is 46.3 Å². The standard InChI is InChI=1S/C32H30ClFN4O4S2/c1-17-3-2-4-22(33)25(17)28-26(29(42-36-28)18-5-6-18)20-15-32(16-20)9-11-38(12-10-32)31-35-27-23(34)13-19(14-24(27)43-31)30(39)37-44(40,41)21-7-8-21/h2-4,13-15,18,21H,5-12,16H2,1H3,(H,37,39). The van der Waals surface area contributed by atoms with Gasteiger partial charge in [-0.2, -0.15) is 0 Å². The fourth-order valence-corrected chi connectivity index (χ4v) is 9.26. The molecule has 3 aliphatic carbocycles. The number of anilines is 1. The van der Waals surface area contributed by atoms with Gasteiger partial charge in [-0.25, -0.2) is 22.5 Å². The summed E-state index contributed by atoms with van der Waals surface area (Å²) < 4.78 is 48.0. The molecule has 8 nitrogen and oxygen atoms in total. The van der Waals surface area contributed by atoms with Gasteiger partial charge in [-0.15, -0.1) is 0 Å². The quantitative estimate of drug-likeness (QED) is 0.225. The van der Waals surface area contributed by atoms with Crippen molar-refractivity contribution in [2.75, 3.05) is 18.0 Å². The van der Waals surface area contributed by atoms with E-state index in [1.165, 1.54) is 23.0 Å². The van der Waals surface area contributed by atoms with Gasteiger partial charge >= 0.3 is 0 Å². The Morgan fingerprint density at radius 3 is 2.59 bits per heavy atom. The predicted molar refractivity (Wildman–Crippen MR) is 169 cm³/mol. The summed E-state index contributed by atoms with van der Waals surface area (Å²) in [4.78, 5) is 19.4. The second kappa shape index (κ2) is 10.1. The molecule has 8 rings (SSSR count). The molecule has 4 aliphatic rings. The maximum atomic E-state index is 15.0. The van der Waals surface area contributed by atoms with Gasteiger partial charge in [0.1, 0.15) is 17.0 Å². The van der Waals surface area contributed by atoms with E-state index < -0.39 is 27.0 Å². The molecular weight excluding hydrogens is 623 g/mol. The monoisotopic (exact) mass is 652 g/mol. The molecule has 3 fully saturated rings. The molecule has 12 heteroatoms. The number of rotatable bonds is 7. The Bertz CT molecular complexity index is 1970. The molecule has 3 heterocycles. The van der Waals surface area contributed by atoms with Crippen LogP contribution in [-0.2, 0) is 10.0 Å². The van der Waals surface area contributed by atoms with Gasteiger partial charge in [0.25, 0.3) is 5.91 Å². The number of aromatic nitrogens is 2. The Hall–Kier alpha value is -3.28. The number of piperidine rings is 1. The van der Waals surface area contributed by atoms with Crippen molar-refractivity contribution in [2.24, 2.45) is 5.41 Å². The van der Waals surface area contributed by atoms with Crippen LogP contribution in [0.4, 0.5) is 9.52 Å². The molecule has 2 saturated carbocycles. The molecule has 1 saturated heterocycles. The number of aryl methyl sites for hydroxylation is 1. The van der Waals surface area contributed by atoms with E-state index in [1.807, 2.05) is 25.1 Å². The zero-order valence-electron chi connectivity index (χ0n) is 24.0. The van der Waals surface area contributed by atoms with Crippen LogP contribution in [0, 0.1) is 18.2 Å². The molecule has 0 radical (unpaired) electrons. The smallest absolute Gasteiger partial charge is 0.264 e. The first-order valence-corrected chi connectivity index (χ1v) is 17.7. The van der Waals surface area contributed by atoms with Crippen molar-refractivity contribution < 1.29 is 22.1 Å². The lowest BCUT2D eigenvalue weighted by Gasteiger charge is -2.46. The van der Waals surface area contributed by atoms with Crippen molar-refractivity contribution in [1.29, 1.82) is 0 Å². The number of allylic oxidation sites excluding steroid dienone is 2. The van der Waals surface area contributed by atoms with Crippen LogP contribution in [0.1, 0.15) is 78.1 Å².